The number of carbonyl (C=O) groups excluding carboxylic acids is 1. The summed E-state index contributed by atoms with van der Waals surface area (Å²) >= 11 is 0. The van der Waals surface area contributed by atoms with Crippen molar-refractivity contribution in [2.75, 3.05) is 7.11 Å². The van der Waals surface area contributed by atoms with Crippen molar-refractivity contribution in [2.45, 2.75) is 13.3 Å². The van der Waals surface area contributed by atoms with E-state index < -0.39 is 11.7 Å². The molecule has 1 aliphatic carbocycles. The van der Waals surface area contributed by atoms with Crippen LogP contribution in [-0.4, -0.2) is 38.8 Å². The van der Waals surface area contributed by atoms with Crippen LogP contribution in [0, 0.1) is 11.3 Å². The molecule has 0 saturated heterocycles. The number of nitrogens with zero attached hydrogens (tertiary/aromatic N) is 4. The molecule has 0 spiro atoms. The predicted molar refractivity (Wildman–Crippen MR) is 118 cm³/mol. The zero-order valence-electron chi connectivity index (χ0n) is 17.5. The van der Waals surface area contributed by atoms with E-state index in [1.807, 2.05) is 6.92 Å². The fourth-order valence-corrected chi connectivity index (χ4v) is 3.40. The van der Waals surface area contributed by atoms with Crippen LogP contribution in [-0.2, 0) is 0 Å². The van der Waals surface area contributed by atoms with Gasteiger partial charge in [0.1, 0.15) is 23.1 Å². The SMILES string of the molecule is COc1ccc(C(=N)NC(=O)c2nnn(C3=C(F)C=CC(C)C3)c2-c2ccncc2)cc1. The second-order valence-corrected chi connectivity index (χ2v) is 7.33. The van der Waals surface area contributed by atoms with Gasteiger partial charge in [-0.05, 0) is 54.8 Å². The van der Waals surface area contributed by atoms with Crippen molar-refractivity contribution in [3.8, 4) is 17.0 Å². The molecule has 4 rings (SSSR count). The fourth-order valence-electron chi connectivity index (χ4n) is 3.40. The van der Waals surface area contributed by atoms with Gasteiger partial charge in [0, 0.05) is 23.5 Å². The van der Waals surface area contributed by atoms with Gasteiger partial charge in [0.05, 0.1) is 12.8 Å². The van der Waals surface area contributed by atoms with E-state index >= 15 is 0 Å². The minimum Gasteiger partial charge on any atom is -0.497 e. The Labute approximate surface area is 184 Å². The second kappa shape index (κ2) is 8.93. The monoisotopic (exact) mass is 432 g/mol. The molecule has 162 valence electrons. The van der Waals surface area contributed by atoms with Crippen molar-refractivity contribution in [2.24, 2.45) is 5.92 Å². The molecule has 1 atom stereocenters. The topological polar surface area (TPSA) is 106 Å². The molecule has 0 fully saturated rings. The van der Waals surface area contributed by atoms with Gasteiger partial charge >= 0.3 is 0 Å². The van der Waals surface area contributed by atoms with Crippen molar-refractivity contribution < 1.29 is 13.9 Å². The molecular weight excluding hydrogens is 411 g/mol. The Morgan fingerprint density at radius 1 is 1.22 bits per heavy atom. The highest BCUT2D eigenvalue weighted by atomic mass is 19.1. The van der Waals surface area contributed by atoms with Gasteiger partial charge in [0.2, 0.25) is 0 Å². The van der Waals surface area contributed by atoms with Crippen LogP contribution in [0.15, 0.2) is 66.8 Å². The van der Waals surface area contributed by atoms with Crippen LogP contribution >= 0.6 is 0 Å². The fraction of sp³-hybridized carbons (Fsp3) is 0.174. The molecule has 2 N–H and O–H groups in total. The van der Waals surface area contributed by atoms with E-state index in [0.29, 0.717) is 34.7 Å². The first kappa shape index (κ1) is 21.1. The van der Waals surface area contributed by atoms with Crippen molar-refractivity contribution in [3.63, 3.8) is 0 Å². The Kier molecular flexibility index (Phi) is 5.89. The molecule has 1 aromatic carbocycles. The third-order valence-corrected chi connectivity index (χ3v) is 5.07. The molecule has 2 heterocycles. The lowest BCUT2D eigenvalue weighted by Crippen LogP contribution is -2.31. The summed E-state index contributed by atoms with van der Waals surface area (Å²) in [6.07, 6.45) is 6.74. The molecule has 3 aromatic rings. The Morgan fingerprint density at radius 3 is 2.62 bits per heavy atom. The summed E-state index contributed by atoms with van der Waals surface area (Å²) in [4.78, 5) is 17.1. The van der Waals surface area contributed by atoms with Crippen molar-refractivity contribution in [1.82, 2.24) is 25.3 Å². The number of allylic oxidation sites excluding steroid dienone is 4. The standard InChI is InChI=1S/C23H21FN6O2/c1-14-3-8-18(24)19(13-14)30-21(15-9-11-26-12-10-15)20(28-29-30)23(31)27-22(25)16-4-6-17(32-2)7-5-16/h3-12,14H,13H2,1-2H3,(H2,25,27,31). The summed E-state index contributed by atoms with van der Waals surface area (Å²) < 4.78 is 21.1. The highest BCUT2D eigenvalue weighted by molar-refractivity contribution is 6.12. The Morgan fingerprint density at radius 2 is 1.94 bits per heavy atom. The normalized spacial score (nSPS) is 15.5. The molecule has 2 aromatic heterocycles. The Bertz CT molecular complexity index is 1220. The number of hydrogen-bond acceptors (Lipinski definition) is 6. The number of ether oxygens (including phenoxy) is 1. The molecule has 0 saturated carbocycles. The van der Waals surface area contributed by atoms with E-state index in [4.69, 9.17) is 10.1 Å². The Balaban J connectivity index is 1.71. The number of rotatable bonds is 5. The van der Waals surface area contributed by atoms with Crippen LogP contribution in [0.4, 0.5) is 4.39 Å². The third-order valence-electron chi connectivity index (χ3n) is 5.07. The van der Waals surface area contributed by atoms with E-state index in [1.165, 1.54) is 10.8 Å². The average Bonchev–Trinajstić information content (AvgIpc) is 3.26. The van der Waals surface area contributed by atoms with Crippen LogP contribution in [0.2, 0.25) is 0 Å². The van der Waals surface area contributed by atoms with Gasteiger partial charge < -0.3 is 10.1 Å². The minimum absolute atomic E-state index is 0.0167. The molecule has 1 aliphatic rings. The summed E-state index contributed by atoms with van der Waals surface area (Å²) in [7, 11) is 1.55. The number of hydrogen-bond donors (Lipinski definition) is 2. The van der Waals surface area contributed by atoms with E-state index in [0.717, 1.165) is 0 Å². The molecule has 8 nitrogen and oxygen atoms in total. The number of carbonyl (C=O) groups is 1. The van der Waals surface area contributed by atoms with E-state index in [2.05, 4.69) is 20.6 Å². The minimum atomic E-state index is -0.621. The van der Waals surface area contributed by atoms with Gasteiger partial charge in [0.25, 0.3) is 5.91 Å². The van der Waals surface area contributed by atoms with Crippen LogP contribution in [0.5, 0.6) is 5.75 Å². The summed E-state index contributed by atoms with van der Waals surface area (Å²) in [6.45, 7) is 1.97. The van der Waals surface area contributed by atoms with Crippen LogP contribution in [0.3, 0.4) is 0 Å². The molecule has 0 aliphatic heterocycles. The number of nitrogens with one attached hydrogen (secondary N) is 2. The number of methoxy groups -OCH3 is 1. The largest absolute Gasteiger partial charge is 0.497 e. The smallest absolute Gasteiger partial charge is 0.279 e. The number of pyridine rings is 1. The maximum Gasteiger partial charge on any atom is 0.279 e. The van der Waals surface area contributed by atoms with Gasteiger partial charge in [-0.25, -0.2) is 9.07 Å². The van der Waals surface area contributed by atoms with Crippen LogP contribution < -0.4 is 10.1 Å². The first-order valence-electron chi connectivity index (χ1n) is 9.95. The van der Waals surface area contributed by atoms with Gasteiger partial charge in [0.15, 0.2) is 5.69 Å². The van der Waals surface area contributed by atoms with Crippen molar-refractivity contribution in [1.29, 1.82) is 5.41 Å². The highest BCUT2D eigenvalue weighted by Gasteiger charge is 2.26. The lowest BCUT2D eigenvalue weighted by molar-refractivity contribution is 0.0972. The lowest BCUT2D eigenvalue weighted by atomic mass is 9.99. The summed E-state index contributed by atoms with van der Waals surface area (Å²) in [5, 5.41) is 18.9. The number of benzene rings is 1. The average molecular weight is 432 g/mol. The number of aromatic nitrogens is 4. The van der Waals surface area contributed by atoms with Crippen molar-refractivity contribution in [3.05, 3.63) is 78.0 Å². The lowest BCUT2D eigenvalue weighted by Gasteiger charge is -2.17. The molecule has 1 unspecified atom stereocenters. The molecule has 32 heavy (non-hydrogen) atoms. The second-order valence-electron chi connectivity index (χ2n) is 7.33. The van der Waals surface area contributed by atoms with Gasteiger partial charge in [-0.2, -0.15) is 0 Å². The third kappa shape index (κ3) is 4.18. The zero-order chi connectivity index (χ0) is 22.7. The molecule has 9 heteroatoms. The summed E-state index contributed by atoms with van der Waals surface area (Å²) in [6, 6.07) is 10.1. The summed E-state index contributed by atoms with van der Waals surface area (Å²) in [5.74, 6) is -0.403. The first-order chi connectivity index (χ1) is 15.5. The van der Waals surface area contributed by atoms with E-state index in [-0.39, 0.29) is 17.4 Å². The van der Waals surface area contributed by atoms with Crippen molar-refractivity contribution >= 4 is 17.4 Å². The molecule has 0 bridgehead atoms. The molecule has 0 radical (unpaired) electrons. The summed E-state index contributed by atoms with van der Waals surface area (Å²) in [5.41, 5.74) is 1.74. The van der Waals surface area contributed by atoms with E-state index in [9.17, 15) is 9.18 Å². The van der Waals surface area contributed by atoms with E-state index in [1.54, 1.807) is 62.0 Å². The molecule has 1 amide bonds. The number of amides is 1. The van der Waals surface area contributed by atoms with Gasteiger partial charge in [-0.3, -0.25) is 15.2 Å². The quantitative estimate of drug-likeness (QED) is 0.471. The zero-order valence-corrected chi connectivity index (χ0v) is 17.5. The molecular formula is C23H21FN6O2. The van der Waals surface area contributed by atoms with Crippen LogP contribution in [0.25, 0.3) is 17.0 Å². The first-order valence-corrected chi connectivity index (χ1v) is 9.95. The van der Waals surface area contributed by atoms with Gasteiger partial charge in [-0.15, -0.1) is 5.10 Å². The predicted octanol–water partition coefficient (Wildman–Crippen LogP) is 3.84. The maximum atomic E-state index is 14.7. The maximum absolute atomic E-state index is 14.7. The van der Waals surface area contributed by atoms with Gasteiger partial charge in [-0.1, -0.05) is 18.2 Å². The number of halogens is 1. The highest BCUT2D eigenvalue weighted by Crippen LogP contribution is 2.32. The Hall–Kier alpha value is -4.14. The number of amidine groups is 1. The van der Waals surface area contributed by atoms with Crippen LogP contribution in [0.1, 0.15) is 29.4 Å².